The summed E-state index contributed by atoms with van der Waals surface area (Å²) in [6.07, 6.45) is 0.701. The van der Waals surface area contributed by atoms with Gasteiger partial charge in [0.1, 0.15) is 5.82 Å². The highest BCUT2D eigenvalue weighted by Gasteiger charge is 2.29. The molecule has 0 aliphatic carbocycles. The summed E-state index contributed by atoms with van der Waals surface area (Å²) >= 11 is 0. The number of rotatable bonds is 15. The molecule has 44 heavy (non-hydrogen) atoms. The van der Waals surface area contributed by atoms with E-state index in [9.17, 15) is 24.3 Å². The molecule has 0 saturated heterocycles. The number of aromatic nitrogens is 2. The minimum atomic E-state index is -0.649. The van der Waals surface area contributed by atoms with Crippen LogP contribution in [0.4, 0.5) is 17.2 Å². The van der Waals surface area contributed by atoms with Crippen LogP contribution in [0.2, 0.25) is 0 Å². The van der Waals surface area contributed by atoms with Gasteiger partial charge in [0.25, 0.3) is 5.91 Å². The van der Waals surface area contributed by atoms with Gasteiger partial charge in [0.2, 0.25) is 11.8 Å². The molecule has 3 unspecified atom stereocenters. The fraction of sp³-hybridized carbons (Fsp3) is 0.406. The minimum absolute atomic E-state index is 0.00633. The number of ether oxygens (including phenoxy) is 1. The highest BCUT2D eigenvalue weighted by Crippen LogP contribution is 2.25. The topological polar surface area (TPSA) is 178 Å². The molecule has 0 fully saturated rings. The van der Waals surface area contributed by atoms with Gasteiger partial charge in [-0.2, -0.15) is 4.98 Å². The molecule has 6 N–H and O–H groups in total. The summed E-state index contributed by atoms with van der Waals surface area (Å²) in [7, 11) is 0. The SMILES string of the molecule is CCOCC(C(C)C(O)C(C)C)n1ccc(NC(=O)CCC(=O)NCc2ccc(C(=O)Nc3ccccc3N)cc2)nc1=O. The number of aliphatic hydroxyl groups excluding tert-OH is 1. The van der Waals surface area contributed by atoms with Crippen LogP contribution in [0.25, 0.3) is 0 Å². The van der Waals surface area contributed by atoms with Crippen LogP contribution in [0.3, 0.4) is 0 Å². The van der Waals surface area contributed by atoms with Gasteiger partial charge in [-0.25, -0.2) is 4.79 Å². The number of carbonyl (C=O) groups is 3. The van der Waals surface area contributed by atoms with Gasteiger partial charge >= 0.3 is 5.69 Å². The lowest BCUT2D eigenvalue weighted by Gasteiger charge is -2.31. The van der Waals surface area contributed by atoms with Crippen molar-refractivity contribution in [1.82, 2.24) is 14.9 Å². The third kappa shape index (κ3) is 9.75. The maximum absolute atomic E-state index is 12.8. The van der Waals surface area contributed by atoms with Crippen LogP contribution in [0.15, 0.2) is 65.6 Å². The van der Waals surface area contributed by atoms with Crippen LogP contribution < -0.4 is 27.4 Å². The normalized spacial score (nSPS) is 13.1. The number of hydrogen-bond donors (Lipinski definition) is 5. The number of para-hydroxylation sites is 2. The highest BCUT2D eigenvalue weighted by atomic mass is 16.5. The van der Waals surface area contributed by atoms with Crippen molar-refractivity contribution in [3.63, 3.8) is 0 Å². The summed E-state index contributed by atoms with van der Waals surface area (Å²) in [5.74, 6) is -1.32. The molecule has 0 saturated carbocycles. The molecule has 12 nitrogen and oxygen atoms in total. The number of amides is 3. The molecule has 1 heterocycles. The molecule has 0 bridgehead atoms. The van der Waals surface area contributed by atoms with Crippen molar-refractivity contribution >= 4 is 34.9 Å². The van der Waals surface area contributed by atoms with E-state index in [1.165, 1.54) is 16.8 Å². The zero-order chi connectivity index (χ0) is 32.2. The molecule has 12 heteroatoms. The quantitative estimate of drug-likeness (QED) is 0.164. The van der Waals surface area contributed by atoms with Crippen LogP contribution in [-0.4, -0.2) is 51.7 Å². The standard InChI is InChI=1S/C32H42N6O6/c1-5-44-19-26(21(4)30(41)20(2)3)38-17-16-27(37-32(38)43)36-29(40)15-14-28(39)34-18-22-10-12-23(13-11-22)31(42)35-25-9-7-6-8-24(25)33/h6-13,16-17,20-21,26,30,41H,5,14-15,18-19,33H2,1-4H3,(H,34,39)(H,35,42)(H,36,37,40,43). The monoisotopic (exact) mass is 606 g/mol. The first-order chi connectivity index (χ1) is 21.0. The maximum Gasteiger partial charge on any atom is 0.349 e. The van der Waals surface area contributed by atoms with E-state index < -0.39 is 23.7 Å². The van der Waals surface area contributed by atoms with E-state index in [2.05, 4.69) is 20.9 Å². The van der Waals surface area contributed by atoms with E-state index >= 15 is 0 Å². The molecule has 3 rings (SSSR count). The summed E-state index contributed by atoms with van der Waals surface area (Å²) < 4.78 is 6.98. The van der Waals surface area contributed by atoms with Gasteiger partial charge in [-0.1, -0.05) is 45.0 Å². The minimum Gasteiger partial charge on any atom is -0.397 e. The fourth-order valence-electron chi connectivity index (χ4n) is 4.59. The Balaban J connectivity index is 1.48. The van der Waals surface area contributed by atoms with E-state index in [1.807, 2.05) is 27.7 Å². The molecule has 0 spiro atoms. The van der Waals surface area contributed by atoms with Crippen molar-refractivity contribution in [3.05, 3.63) is 82.4 Å². The Bertz CT molecular complexity index is 1470. The molecular weight excluding hydrogens is 564 g/mol. The number of nitrogen functional groups attached to an aromatic ring is 1. The lowest BCUT2D eigenvalue weighted by molar-refractivity contribution is -0.124. The van der Waals surface area contributed by atoms with Gasteiger partial charge in [-0.05, 0) is 48.7 Å². The lowest BCUT2D eigenvalue weighted by atomic mass is 9.89. The number of anilines is 3. The number of aliphatic hydroxyl groups is 1. The van der Waals surface area contributed by atoms with Crippen molar-refractivity contribution < 1.29 is 24.2 Å². The molecular formula is C32H42N6O6. The Morgan fingerprint density at radius 3 is 2.30 bits per heavy atom. The molecule has 3 amide bonds. The molecule has 0 aliphatic heterocycles. The van der Waals surface area contributed by atoms with Crippen LogP contribution in [0.1, 0.15) is 62.5 Å². The van der Waals surface area contributed by atoms with Gasteiger partial charge in [-0.15, -0.1) is 0 Å². The fourth-order valence-corrected chi connectivity index (χ4v) is 4.59. The molecule has 0 radical (unpaired) electrons. The number of nitrogens with two attached hydrogens (primary N) is 1. The number of carbonyl (C=O) groups excluding carboxylic acids is 3. The number of nitrogens with zero attached hydrogens (tertiary/aromatic N) is 2. The molecule has 0 aliphatic rings. The van der Waals surface area contributed by atoms with Crippen molar-refractivity contribution in [2.75, 3.05) is 29.6 Å². The Labute approximate surface area is 257 Å². The summed E-state index contributed by atoms with van der Waals surface area (Å²) in [6.45, 7) is 8.43. The van der Waals surface area contributed by atoms with E-state index in [1.54, 1.807) is 48.5 Å². The largest absolute Gasteiger partial charge is 0.397 e. The maximum atomic E-state index is 12.8. The summed E-state index contributed by atoms with van der Waals surface area (Å²) in [4.78, 5) is 54.1. The zero-order valence-corrected chi connectivity index (χ0v) is 25.6. The summed E-state index contributed by atoms with van der Waals surface area (Å²) in [5, 5.41) is 18.7. The van der Waals surface area contributed by atoms with Crippen LogP contribution >= 0.6 is 0 Å². The first-order valence-corrected chi connectivity index (χ1v) is 14.7. The first-order valence-electron chi connectivity index (χ1n) is 14.7. The van der Waals surface area contributed by atoms with Crippen molar-refractivity contribution in [1.29, 1.82) is 0 Å². The molecule has 3 atom stereocenters. The smallest absolute Gasteiger partial charge is 0.349 e. The highest BCUT2D eigenvalue weighted by molar-refractivity contribution is 6.05. The molecule has 3 aromatic rings. The summed E-state index contributed by atoms with van der Waals surface area (Å²) in [6, 6.07) is 14.8. The first kappa shape index (κ1) is 33.9. The van der Waals surface area contributed by atoms with Gasteiger partial charge in [-0.3, -0.25) is 19.0 Å². The number of hydrogen-bond acceptors (Lipinski definition) is 8. The van der Waals surface area contributed by atoms with Gasteiger partial charge in [0.05, 0.1) is 30.1 Å². The van der Waals surface area contributed by atoms with Crippen LogP contribution in [0, 0.1) is 11.8 Å². The zero-order valence-electron chi connectivity index (χ0n) is 25.6. The van der Waals surface area contributed by atoms with E-state index in [0.29, 0.717) is 23.5 Å². The Morgan fingerprint density at radius 1 is 0.977 bits per heavy atom. The number of benzene rings is 2. The van der Waals surface area contributed by atoms with Gasteiger partial charge < -0.3 is 31.5 Å². The molecule has 236 valence electrons. The molecule has 2 aromatic carbocycles. The predicted molar refractivity (Wildman–Crippen MR) is 169 cm³/mol. The van der Waals surface area contributed by atoms with Gasteiger partial charge in [0, 0.05) is 43.7 Å². The second-order valence-corrected chi connectivity index (χ2v) is 10.9. The van der Waals surface area contributed by atoms with Crippen LogP contribution in [-0.2, 0) is 20.9 Å². The Hall–Kier alpha value is -4.55. The number of nitrogens with one attached hydrogen (secondary N) is 3. The van der Waals surface area contributed by atoms with Crippen molar-refractivity contribution in [2.24, 2.45) is 11.8 Å². The lowest BCUT2D eigenvalue weighted by Crippen LogP contribution is -2.39. The Morgan fingerprint density at radius 2 is 1.66 bits per heavy atom. The average molecular weight is 607 g/mol. The van der Waals surface area contributed by atoms with Crippen LogP contribution in [0.5, 0.6) is 0 Å². The van der Waals surface area contributed by atoms with E-state index in [-0.39, 0.29) is 55.5 Å². The Kier molecular flexibility index (Phi) is 12.6. The van der Waals surface area contributed by atoms with E-state index in [0.717, 1.165) is 5.56 Å². The van der Waals surface area contributed by atoms with Gasteiger partial charge in [0.15, 0.2) is 0 Å². The van der Waals surface area contributed by atoms with Crippen molar-refractivity contribution in [3.8, 4) is 0 Å². The summed E-state index contributed by atoms with van der Waals surface area (Å²) in [5.41, 5.74) is 7.50. The van der Waals surface area contributed by atoms with E-state index in [4.69, 9.17) is 10.5 Å². The third-order valence-corrected chi connectivity index (χ3v) is 7.27. The molecule has 1 aromatic heterocycles. The second kappa shape index (κ2) is 16.3. The second-order valence-electron chi connectivity index (χ2n) is 10.9. The predicted octanol–water partition coefficient (Wildman–Crippen LogP) is 3.34. The average Bonchev–Trinajstić information content (AvgIpc) is 3.00. The van der Waals surface area contributed by atoms with Crippen molar-refractivity contribution in [2.45, 2.75) is 59.2 Å². The third-order valence-electron chi connectivity index (χ3n) is 7.27.